The van der Waals surface area contributed by atoms with Gasteiger partial charge in [0.1, 0.15) is 24.7 Å². The van der Waals surface area contributed by atoms with Crippen LogP contribution in [0.25, 0.3) is 5.69 Å². The van der Waals surface area contributed by atoms with Crippen molar-refractivity contribution in [3.8, 4) is 10.8 Å². The second-order valence-electron chi connectivity index (χ2n) is 5.68. The van der Waals surface area contributed by atoms with E-state index in [4.69, 9.17) is 15.4 Å². The first-order valence-electron chi connectivity index (χ1n) is 8.01. The van der Waals surface area contributed by atoms with Gasteiger partial charge >= 0.3 is 21.4 Å². The van der Waals surface area contributed by atoms with Crippen molar-refractivity contribution in [3.05, 3.63) is 22.7 Å². The fourth-order valence-electron chi connectivity index (χ4n) is 2.21. The Morgan fingerprint density at radius 1 is 1.31 bits per heavy atom. The average molecular weight is 471 g/mol. The van der Waals surface area contributed by atoms with Gasteiger partial charge in [0.05, 0.1) is 6.61 Å². The predicted molar refractivity (Wildman–Crippen MR) is 99.0 cm³/mol. The molecule has 3 unspecified atom stereocenters. The summed E-state index contributed by atoms with van der Waals surface area (Å²) >= 11 is 0.788. The Morgan fingerprint density at radius 2 is 1.97 bits per heavy atom. The molecule has 0 aliphatic carbocycles. The van der Waals surface area contributed by atoms with Crippen molar-refractivity contribution >= 4 is 33.5 Å². The number of nitrogens with two attached hydrogens (primary N) is 1. The van der Waals surface area contributed by atoms with Crippen molar-refractivity contribution in [2.45, 2.75) is 26.9 Å². The predicted octanol–water partition coefficient (Wildman–Crippen LogP) is -1.47. The lowest BCUT2D eigenvalue weighted by Crippen LogP contribution is -2.38. The van der Waals surface area contributed by atoms with E-state index < -0.39 is 35.7 Å². The monoisotopic (exact) mass is 471 g/mol. The molecule has 3 atom stereocenters. The Bertz CT molecular complexity index is 865. The highest BCUT2D eigenvalue weighted by molar-refractivity contribution is 7.66. The Balaban J connectivity index is 2.39. The summed E-state index contributed by atoms with van der Waals surface area (Å²) in [4.78, 5) is 51.2. The maximum absolute atomic E-state index is 12.2. The third kappa shape index (κ3) is 6.17. The van der Waals surface area contributed by atoms with Crippen molar-refractivity contribution in [3.63, 3.8) is 0 Å². The van der Waals surface area contributed by atoms with Crippen LogP contribution in [0.4, 0.5) is 5.82 Å². The van der Waals surface area contributed by atoms with E-state index in [2.05, 4.69) is 18.8 Å². The van der Waals surface area contributed by atoms with Gasteiger partial charge in [0, 0.05) is 11.2 Å². The molecule has 2 aromatic rings. The normalized spacial score (nSPS) is 16.9. The Kier molecular flexibility index (Phi) is 7.76. The first-order chi connectivity index (χ1) is 13.4. The molecule has 0 saturated carbocycles. The van der Waals surface area contributed by atoms with Crippen LogP contribution in [0.1, 0.15) is 29.6 Å². The van der Waals surface area contributed by atoms with E-state index >= 15 is 0 Å². The Morgan fingerprint density at radius 3 is 2.52 bits per heavy atom. The van der Waals surface area contributed by atoms with E-state index in [0.717, 1.165) is 11.3 Å². The maximum atomic E-state index is 12.2. The van der Waals surface area contributed by atoms with E-state index in [-0.39, 0.29) is 21.6 Å². The average Bonchev–Trinajstić information content (AvgIpc) is 2.88. The summed E-state index contributed by atoms with van der Waals surface area (Å²) in [7, 11) is -10.1. The molecule has 0 saturated heterocycles. The summed E-state index contributed by atoms with van der Waals surface area (Å²) in [6, 6.07) is 0. The molecule has 13 nitrogen and oxygen atoms in total. The lowest BCUT2D eigenvalue weighted by atomic mass is 10.3. The molecule has 6 N–H and O–H groups in total. The molecule has 0 fully saturated rings. The molecule has 0 spiro atoms. The topological polar surface area (TPSA) is 210 Å². The summed E-state index contributed by atoms with van der Waals surface area (Å²) in [6.07, 6.45) is 0.375. The van der Waals surface area contributed by atoms with E-state index in [9.17, 15) is 24.7 Å². The lowest BCUT2D eigenvalue weighted by molar-refractivity contribution is -0.609. The van der Waals surface area contributed by atoms with Gasteiger partial charge in [-0.1, -0.05) is 0 Å². The fraction of sp³-hybridized carbons (Fsp3) is 0.462. The number of hydrogen-bond acceptors (Lipinski definition) is 13. The molecule has 2 aromatic heterocycles. The number of anilines is 1. The maximum Gasteiger partial charge on any atom is 0.480 e. The van der Waals surface area contributed by atoms with Crippen LogP contribution in [0.15, 0.2) is 6.20 Å². The zero-order chi connectivity index (χ0) is 22.0. The van der Waals surface area contributed by atoms with Crippen LogP contribution in [0.5, 0.6) is 5.06 Å². The van der Waals surface area contributed by atoms with Gasteiger partial charge in [0.15, 0.2) is 0 Å². The Hall–Kier alpha value is -1.15. The smallest absolute Gasteiger partial charge is 0.480 e. The molecule has 0 aliphatic heterocycles. The van der Waals surface area contributed by atoms with E-state index in [1.165, 1.54) is 24.6 Å². The van der Waals surface area contributed by atoms with Crippen molar-refractivity contribution in [1.29, 1.82) is 0 Å². The van der Waals surface area contributed by atoms with Gasteiger partial charge in [-0.25, -0.2) is 9.97 Å². The van der Waals surface area contributed by atoms with Crippen molar-refractivity contribution in [2.24, 2.45) is 0 Å². The number of thiazole rings is 1. The standard InChI is InChI=1S/C13H20N4O9P2S/c1-7-13(25-28(22,23)26-27(20,21)24-5-4-18)29-12(8(2)19)17(7)10-6-15-9(3)16-11(10)14/h6,8,18-19H,4-5H2,1-3H3,(H3-,14,15,16,20,21,22,23)/p+1. The number of aliphatic hydroxyl groups is 2. The molecular weight excluding hydrogens is 450 g/mol. The van der Waals surface area contributed by atoms with Crippen LogP contribution in [0, 0.1) is 13.8 Å². The number of aryl methyl sites for hydroxylation is 1. The molecule has 29 heavy (non-hydrogen) atoms. The Labute approximate surface area is 170 Å². The summed E-state index contributed by atoms with van der Waals surface area (Å²) in [6.45, 7) is 3.39. The summed E-state index contributed by atoms with van der Waals surface area (Å²) in [5, 5.41) is 18.8. The van der Waals surface area contributed by atoms with Crippen LogP contribution < -0.4 is 24.6 Å². The number of phosphoric acid groups is 2. The molecule has 0 amide bonds. The minimum atomic E-state index is -5.12. The molecule has 162 valence electrons. The van der Waals surface area contributed by atoms with Gasteiger partial charge in [0.25, 0.3) is 10.7 Å². The number of rotatable bonds is 9. The van der Waals surface area contributed by atoms with Crippen LogP contribution in [-0.2, 0) is 8.83 Å². The number of hydrogen-bond donors (Lipinski definition) is 5. The first-order valence-corrected chi connectivity index (χ1v) is 11.8. The summed E-state index contributed by atoms with van der Waals surface area (Å²) in [5.74, 6) is 0.516. The molecule has 0 aliphatic rings. The van der Waals surface area contributed by atoms with Gasteiger partial charge in [0.2, 0.25) is 11.5 Å². The van der Waals surface area contributed by atoms with Gasteiger partial charge in [-0.05, 0) is 25.2 Å². The number of nitrogens with zero attached hydrogens (tertiary/aromatic N) is 3. The summed E-state index contributed by atoms with van der Waals surface area (Å²) < 4.78 is 14.8. The molecule has 0 bridgehead atoms. The first kappa shape index (κ1) is 24.1. The third-order valence-electron chi connectivity index (χ3n) is 3.32. The number of aromatic nitrogens is 3. The van der Waals surface area contributed by atoms with Crippen molar-refractivity contribution < 1.29 is 47.7 Å². The van der Waals surface area contributed by atoms with Gasteiger partial charge in [-0.2, -0.15) is 14.3 Å². The van der Waals surface area contributed by atoms with E-state index in [1.54, 1.807) is 6.92 Å². The molecule has 2 heterocycles. The SMILES string of the molecule is Cc1ncc(-[n+]2c(C(C)O)sc(O[P+]([O-])(O)O[P+]([O-])(O)OCCO)c2C)c(N)n1. The van der Waals surface area contributed by atoms with Crippen LogP contribution >= 0.6 is 27.7 Å². The molecule has 0 radical (unpaired) electrons. The number of phosphoric ester groups is 2. The van der Waals surface area contributed by atoms with Crippen LogP contribution in [-0.4, -0.2) is 43.2 Å². The highest BCUT2D eigenvalue weighted by Crippen LogP contribution is 2.65. The second-order valence-corrected chi connectivity index (χ2v) is 9.64. The van der Waals surface area contributed by atoms with Crippen LogP contribution in [0.2, 0.25) is 0 Å². The van der Waals surface area contributed by atoms with Crippen molar-refractivity contribution in [1.82, 2.24) is 9.97 Å². The second kappa shape index (κ2) is 9.33. The quantitative estimate of drug-likeness (QED) is 0.210. The lowest BCUT2D eigenvalue weighted by Gasteiger charge is -2.22. The van der Waals surface area contributed by atoms with E-state index in [1.807, 2.05) is 0 Å². The third-order valence-corrected chi connectivity index (χ3v) is 7.31. The zero-order valence-electron chi connectivity index (χ0n) is 15.6. The molecule has 0 aromatic carbocycles. The number of nitrogen functional groups attached to an aromatic ring is 1. The highest BCUT2D eigenvalue weighted by Gasteiger charge is 2.49. The fourth-order valence-corrected chi connectivity index (χ4v) is 5.59. The number of aliphatic hydroxyl groups excluding tert-OH is 2. The highest BCUT2D eigenvalue weighted by atomic mass is 32.1. The molecule has 2 rings (SSSR count). The minimum absolute atomic E-state index is 0.0949. The van der Waals surface area contributed by atoms with Crippen molar-refractivity contribution in [2.75, 3.05) is 18.9 Å². The minimum Gasteiger partial charge on any atom is -0.603 e. The summed E-state index contributed by atoms with van der Waals surface area (Å²) in [5.41, 5.74) is 6.46. The van der Waals surface area contributed by atoms with Gasteiger partial charge < -0.3 is 25.7 Å². The zero-order valence-corrected chi connectivity index (χ0v) is 18.2. The van der Waals surface area contributed by atoms with Gasteiger partial charge in [-0.15, -0.1) is 4.57 Å². The van der Waals surface area contributed by atoms with Crippen LogP contribution in [0.3, 0.4) is 0 Å². The molecular formula is C13H21N4O9P2S+. The largest absolute Gasteiger partial charge is 0.603 e. The van der Waals surface area contributed by atoms with E-state index in [0.29, 0.717) is 11.5 Å². The molecule has 16 heteroatoms. The van der Waals surface area contributed by atoms with Gasteiger partial charge in [-0.3, -0.25) is 4.52 Å².